The maximum absolute atomic E-state index is 5.96. The Bertz CT molecular complexity index is 350. The van der Waals surface area contributed by atoms with Crippen LogP contribution < -0.4 is 4.74 Å². The summed E-state index contributed by atoms with van der Waals surface area (Å²) < 4.78 is 11.7. The largest absolute Gasteiger partial charge is 0.489 e. The molecule has 1 aliphatic rings. The fraction of sp³-hybridized carbons (Fsp3) is 0.400. The molecule has 1 saturated heterocycles. The van der Waals surface area contributed by atoms with Gasteiger partial charge in [0.2, 0.25) is 0 Å². The van der Waals surface area contributed by atoms with E-state index in [0.29, 0.717) is 17.4 Å². The van der Waals surface area contributed by atoms with E-state index in [-0.39, 0.29) is 5.60 Å². The Morgan fingerprint density at radius 2 is 2.36 bits per heavy atom. The monoisotopic (exact) mass is 276 g/mol. The van der Waals surface area contributed by atoms with Crippen LogP contribution in [0.3, 0.4) is 0 Å². The number of benzene rings is 1. The van der Waals surface area contributed by atoms with Crippen molar-refractivity contribution in [3.63, 3.8) is 0 Å². The molecule has 0 aliphatic carbocycles. The van der Waals surface area contributed by atoms with Crippen molar-refractivity contribution in [3.8, 4) is 5.75 Å². The van der Waals surface area contributed by atoms with Gasteiger partial charge in [0.15, 0.2) is 0 Å². The van der Waals surface area contributed by atoms with E-state index < -0.39 is 0 Å². The first-order valence-electron chi connectivity index (χ1n) is 4.31. The van der Waals surface area contributed by atoms with Crippen molar-refractivity contribution in [3.05, 3.63) is 27.7 Å². The van der Waals surface area contributed by atoms with Crippen molar-refractivity contribution in [1.29, 1.82) is 0 Å². The summed E-state index contributed by atoms with van der Waals surface area (Å²) in [5.74, 6) is 0.692. The first kappa shape index (κ1) is 10.3. The summed E-state index contributed by atoms with van der Waals surface area (Å²) in [7, 11) is 0. The van der Waals surface area contributed by atoms with Gasteiger partial charge in [0.05, 0.1) is 11.6 Å². The summed E-state index contributed by atoms with van der Waals surface area (Å²) in [5.41, 5.74) is -0.106. The second-order valence-corrected chi connectivity index (χ2v) is 4.92. The maximum atomic E-state index is 5.96. The van der Waals surface area contributed by atoms with Gasteiger partial charge in [-0.05, 0) is 25.1 Å². The minimum absolute atomic E-state index is 0.106. The van der Waals surface area contributed by atoms with E-state index >= 15 is 0 Å². The zero-order chi connectivity index (χ0) is 10.2. The predicted octanol–water partition coefficient (Wildman–Crippen LogP) is 3.27. The standard InChI is InChI=1S/C10H10BrClO2/c1-10(6-14-10)5-13-9-4-7(11)2-3-8(9)12/h2-4H,5-6H2,1H3. The molecule has 14 heavy (non-hydrogen) atoms. The number of epoxide rings is 1. The van der Waals surface area contributed by atoms with Gasteiger partial charge >= 0.3 is 0 Å². The highest BCUT2D eigenvalue weighted by Gasteiger charge is 2.40. The van der Waals surface area contributed by atoms with Crippen molar-refractivity contribution in [1.82, 2.24) is 0 Å². The highest BCUT2D eigenvalue weighted by atomic mass is 79.9. The van der Waals surface area contributed by atoms with Crippen molar-refractivity contribution in [2.75, 3.05) is 13.2 Å². The lowest BCUT2D eigenvalue weighted by atomic mass is 10.2. The smallest absolute Gasteiger partial charge is 0.139 e. The molecule has 2 nitrogen and oxygen atoms in total. The number of hydrogen-bond acceptors (Lipinski definition) is 2. The molecule has 1 fully saturated rings. The molecule has 1 atom stereocenters. The number of halogens is 2. The lowest BCUT2D eigenvalue weighted by Gasteiger charge is -2.10. The minimum atomic E-state index is -0.106. The second kappa shape index (κ2) is 3.72. The Kier molecular flexibility index (Phi) is 2.73. The molecule has 0 bridgehead atoms. The van der Waals surface area contributed by atoms with E-state index in [0.717, 1.165) is 11.1 Å². The van der Waals surface area contributed by atoms with E-state index in [4.69, 9.17) is 21.1 Å². The van der Waals surface area contributed by atoms with E-state index in [2.05, 4.69) is 15.9 Å². The van der Waals surface area contributed by atoms with Crippen LogP contribution in [0.25, 0.3) is 0 Å². The van der Waals surface area contributed by atoms with Gasteiger partial charge in [-0.25, -0.2) is 0 Å². The second-order valence-electron chi connectivity index (χ2n) is 3.60. The lowest BCUT2D eigenvalue weighted by Crippen LogP contribution is -2.17. The SMILES string of the molecule is CC1(COc2cc(Br)ccc2Cl)CO1. The summed E-state index contributed by atoms with van der Waals surface area (Å²) in [6.45, 7) is 3.32. The number of ether oxygens (including phenoxy) is 2. The number of rotatable bonds is 3. The van der Waals surface area contributed by atoms with Crippen molar-refractivity contribution in [2.45, 2.75) is 12.5 Å². The minimum Gasteiger partial charge on any atom is -0.489 e. The van der Waals surface area contributed by atoms with Crippen LogP contribution >= 0.6 is 27.5 Å². The molecule has 0 amide bonds. The molecule has 0 saturated carbocycles. The van der Waals surface area contributed by atoms with Crippen molar-refractivity contribution in [2.24, 2.45) is 0 Å². The van der Waals surface area contributed by atoms with E-state index in [9.17, 15) is 0 Å². The van der Waals surface area contributed by atoms with Crippen LogP contribution in [0.1, 0.15) is 6.92 Å². The van der Waals surface area contributed by atoms with E-state index in [1.54, 1.807) is 6.07 Å². The molecule has 0 spiro atoms. The molecule has 0 aromatic heterocycles. The first-order valence-corrected chi connectivity index (χ1v) is 5.48. The molecular formula is C10H10BrClO2. The fourth-order valence-corrected chi connectivity index (χ4v) is 1.54. The third kappa shape index (κ3) is 2.41. The summed E-state index contributed by atoms with van der Waals surface area (Å²) in [4.78, 5) is 0. The van der Waals surface area contributed by atoms with Crippen LogP contribution in [-0.2, 0) is 4.74 Å². The summed E-state index contributed by atoms with van der Waals surface area (Å²) in [5, 5.41) is 0.623. The van der Waals surface area contributed by atoms with Gasteiger partial charge in [-0.15, -0.1) is 0 Å². The molecule has 4 heteroatoms. The Balaban J connectivity index is 2.04. The molecule has 0 radical (unpaired) electrons. The summed E-state index contributed by atoms with van der Waals surface area (Å²) in [6.07, 6.45) is 0. The predicted molar refractivity (Wildman–Crippen MR) is 59.0 cm³/mol. The molecule has 1 heterocycles. The fourth-order valence-electron chi connectivity index (χ4n) is 1.02. The average molecular weight is 278 g/mol. The molecule has 1 aromatic carbocycles. The third-order valence-corrected chi connectivity index (χ3v) is 2.87. The topological polar surface area (TPSA) is 21.8 Å². The molecule has 1 aromatic rings. The van der Waals surface area contributed by atoms with Crippen LogP contribution in [0.2, 0.25) is 5.02 Å². The zero-order valence-corrected chi connectivity index (χ0v) is 10.1. The Hall–Kier alpha value is -0.250. The Morgan fingerprint density at radius 3 is 3.00 bits per heavy atom. The molecule has 0 N–H and O–H groups in total. The van der Waals surface area contributed by atoms with Gasteiger partial charge in [-0.3, -0.25) is 0 Å². The van der Waals surface area contributed by atoms with Crippen molar-refractivity contribution < 1.29 is 9.47 Å². The maximum Gasteiger partial charge on any atom is 0.139 e. The average Bonchev–Trinajstić information content (AvgIpc) is 2.87. The molecule has 1 unspecified atom stereocenters. The molecule has 2 rings (SSSR count). The first-order chi connectivity index (χ1) is 6.59. The summed E-state index contributed by atoms with van der Waals surface area (Å²) in [6, 6.07) is 5.54. The Labute approximate surface area is 96.3 Å². The molecular weight excluding hydrogens is 267 g/mol. The van der Waals surface area contributed by atoms with Gasteiger partial charge in [0, 0.05) is 4.47 Å². The van der Waals surface area contributed by atoms with Crippen LogP contribution in [0.5, 0.6) is 5.75 Å². The quantitative estimate of drug-likeness (QED) is 0.791. The summed E-state index contributed by atoms with van der Waals surface area (Å²) >= 11 is 9.32. The van der Waals surface area contributed by atoms with Crippen molar-refractivity contribution >= 4 is 27.5 Å². The van der Waals surface area contributed by atoms with Gasteiger partial charge in [-0.1, -0.05) is 27.5 Å². The van der Waals surface area contributed by atoms with E-state index in [1.807, 2.05) is 19.1 Å². The Morgan fingerprint density at radius 1 is 1.64 bits per heavy atom. The number of hydrogen-bond donors (Lipinski definition) is 0. The lowest BCUT2D eigenvalue weighted by molar-refractivity contribution is 0.202. The van der Waals surface area contributed by atoms with Gasteiger partial charge < -0.3 is 9.47 Å². The van der Waals surface area contributed by atoms with Crippen LogP contribution in [0, 0.1) is 0 Å². The van der Waals surface area contributed by atoms with Gasteiger partial charge in [0.25, 0.3) is 0 Å². The van der Waals surface area contributed by atoms with Crippen LogP contribution in [0.4, 0.5) is 0 Å². The molecule has 76 valence electrons. The van der Waals surface area contributed by atoms with Gasteiger partial charge in [-0.2, -0.15) is 0 Å². The van der Waals surface area contributed by atoms with E-state index in [1.165, 1.54) is 0 Å². The zero-order valence-electron chi connectivity index (χ0n) is 7.72. The highest BCUT2D eigenvalue weighted by Crippen LogP contribution is 2.31. The van der Waals surface area contributed by atoms with Crippen LogP contribution in [-0.4, -0.2) is 18.8 Å². The third-order valence-electron chi connectivity index (χ3n) is 2.06. The van der Waals surface area contributed by atoms with Crippen LogP contribution in [0.15, 0.2) is 22.7 Å². The highest BCUT2D eigenvalue weighted by molar-refractivity contribution is 9.10. The normalized spacial score (nSPS) is 24.8. The molecule has 1 aliphatic heterocycles. The van der Waals surface area contributed by atoms with Gasteiger partial charge in [0.1, 0.15) is 18.0 Å².